The summed E-state index contributed by atoms with van der Waals surface area (Å²) < 4.78 is 1.66. The maximum absolute atomic E-state index is 11.2. The van der Waals surface area contributed by atoms with E-state index in [9.17, 15) is 4.79 Å². The Morgan fingerprint density at radius 3 is 3.11 bits per heavy atom. The summed E-state index contributed by atoms with van der Waals surface area (Å²) in [4.78, 5) is 15.2. The van der Waals surface area contributed by atoms with E-state index in [1.807, 2.05) is 19.1 Å². The number of nitrogens with zero attached hydrogens (tertiary/aromatic N) is 3. The van der Waals surface area contributed by atoms with E-state index in [0.29, 0.717) is 12.1 Å². The van der Waals surface area contributed by atoms with E-state index in [-0.39, 0.29) is 5.91 Å². The minimum Gasteiger partial charge on any atom is -0.346 e. The summed E-state index contributed by atoms with van der Waals surface area (Å²) in [5.41, 5.74) is 1.54. The van der Waals surface area contributed by atoms with Crippen molar-refractivity contribution in [3.05, 3.63) is 42.5 Å². The van der Waals surface area contributed by atoms with Crippen molar-refractivity contribution >= 4 is 5.91 Å². The molecule has 2 rings (SSSR count). The zero-order chi connectivity index (χ0) is 12.8. The van der Waals surface area contributed by atoms with E-state index in [1.165, 1.54) is 0 Å². The Labute approximate surface area is 105 Å². The zero-order valence-electron chi connectivity index (χ0n) is 9.92. The summed E-state index contributed by atoms with van der Waals surface area (Å²) in [5.74, 6) is 4.96. The number of aromatic nitrogens is 3. The van der Waals surface area contributed by atoms with Gasteiger partial charge in [-0.2, -0.15) is 5.10 Å². The van der Waals surface area contributed by atoms with Gasteiger partial charge in [0.1, 0.15) is 0 Å². The highest BCUT2D eigenvalue weighted by Crippen LogP contribution is 2.04. The fraction of sp³-hybridized carbons (Fsp3) is 0.154. The van der Waals surface area contributed by atoms with Crippen molar-refractivity contribution in [2.75, 3.05) is 6.54 Å². The van der Waals surface area contributed by atoms with Gasteiger partial charge in [0.25, 0.3) is 5.91 Å². The molecule has 0 aliphatic heterocycles. The van der Waals surface area contributed by atoms with E-state index in [4.69, 9.17) is 0 Å². The predicted octanol–water partition coefficient (Wildman–Crippen LogP) is 0.755. The maximum atomic E-state index is 11.2. The standard InChI is InChI=1S/C13H12N4O/c1-2-15-13(18)6-5-11-8-16-17(10-11)12-4-3-7-14-9-12/h3-4,7-10H,2H2,1H3,(H,15,18). The Balaban J connectivity index is 2.14. The summed E-state index contributed by atoms with van der Waals surface area (Å²) in [7, 11) is 0. The lowest BCUT2D eigenvalue weighted by Gasteiger charge is -1.97. The first kappa shape index (κ1) is 11.9. The van der Waals surface area contributed by atoms with Gasteiger partial charge >= 0.3 is 0 Å². The molecule has 0 saturated carbocycles. The molecule has 2 aromatic rings. The highest BCUT2D eigenvalue weighted by atomic mass is 16.1. The number of hydrogen-bond donors (Lipinski definition) is 1. The third kappa shape index (κ3) is 2.95. The normalized spacial score (nSPS) is 9.39. The Kier molecular flexibility index (Phi) is 3.72. The number of amides is 1. The van der Waals surface area contributed by atoms with E-state index >= 15 is 0 Å². The number of rotatable bonds is 2. The van der Waals surface area contributed by atoms with Crippen LogP contribution in [0.4, 0.5) is 0 Å². The summed E-state index contributed by atoms with van der Waals surface area (Å²) in [6, 6.07) is 3.72. The number of nitrogens with one attached hydrogen (secondary N) is 1. The van der Waals surface area contributed by atoms with E-state index in [1.54, 1.807) is 29.5 Å². The van der Waals surface area contributed by atoms with Gasteiger partial charge in [0, 0.05) is 24.9 Å². The SMILES string of the molecule is CCNC(=O)C#Cc1cnn(-c2cccnc2)c1. The number of hydrogen-bond acceptors (Lipinski definition) is 3. The third-order valence-corrected chi connectivity index (χ3v) is 2.15. The molecular weight excluding hydrogens is 228 g/mol. The smallest absolute Gasteiger partial charge is 0.296 e. The molecule has 1 amide bonds. The average molecular weight is 240 g/mol. The van der Waals surface area contributed by atoms with Crippen molar-refractivity contribution in [2.24, 2.45) is 0 Å². The molecule has 5 heteroatoms. The van der Waals surface area contributed by atoms with Crippen LogP contribution in [-0.4, -0.2) is 27.2 Å². The van der Waals surface area contributed by atoms with Gasteiger partial charge in [0.15, 0.2) is 0 Å². The van der Waals surface area contributed by atoms with Gasteiger partial charge in [0.05, 0.1) is 23.6 Å². The molecule has 0 unspecified atom stereocenters. The molecule has 90 valence electrons. The number of pyridine rings is 1. The molecule has 0 aliphatic rings. The van der Waals surface area contributed by atoms with Gasteiger partial charge < -0.3 is 5.32 Å². The summed E-state index contributed by atoms with van der Waals surface area (Å²) >= 11 is 0. The van der Waals surface area contributed by atoms with Gasteiger partial charge in [-0.3, -0.25) is 9.78 Å². The second kappa shape index (κ2) is 5.64. The first-order chi connectivity index (χ1) is 8.79. The summed E-state index contributed by atoms with van der Waals surface area (Å²) in [6.07, 6.45) is 6.76. The van der Waals surface area contributed by atoms with Crippen molar-refractivity contribution in [1.82, 2.24) is 20.1 Å². The van der Waals surface area contributed by atoms with Crippen LogP contribution in [0.25, 0.3) is 5.69 Å². The lowest BCUT2D eigenvalue weighted by molar-refractivity contribution is -0.115. The van der Waals surface area contributed by atoms with Crippen molar-refractivity contribution < 1.29 is 4.79 Å². The van der Waals surface area contributed by atoms with Crippen LogP contribution in [0.15, 0.2) is 36.9 Å². The van der Waals surface area contributed by atoms with Crippen molar-refractivity contribution in [3.8, 4) is 17.5 Å². The van der Waals surface area contributed by atoms with E-state index in [2.05, 4.69) is 27.2 Å². The first-order valence-electron chi connectivity index (χ1n) is 5.54. The zero-order valence-corrected chi connectivity index (χ0v) is 9.92. The number of carbonyl (C=O) groups excluding carboxylic acids is 1. The van der Waals surface area contributed by atoms with E-state index < -0.39 is 0 Å². The Bertz CT molecular complexity index is 592. The molecular formula is C13H12N4O. The summed E-state index contributed by atoms with van der Waals surface area (Å²) in [6.45, 7) is 2.42. The Hall–Kier alpha value is -2.61. The third-order valence-electron chi connectivity index (χ3n) is 2.15. The fourth-order valence-electron chi connectivity index (χ4n) is 1.35. The molecule has 5 nitrogen and oxygen atoms in total. The van der Waals surface area contributed by atoms with Crippen molar-refractivity contribution in [3.63, 3.8) is 0 Å². The van der Waals surface area contributed by atoms with Crippen LogP contribution in [0.3, 0.4) is 0 Å². The second-order valence-corrected chi connectivity index (χ2v) is 3.49. The molecule has 0 aliphatic carbocycles. The van der Waals surface area contributed by atoms with Crippen LogP contribution >= 0.6 is 0 Å². The molecule has 0 radical (unpaired) electrons. The van der Waals surface area contributed by atoms with Crippen molar-refractivity contribution in [1.29, 1.82) is 0 Å². The molecule has 18 heavy (non-hydrogen) atoms. The van der Waals surface area contributed by atoms with Crippen LogP contribution in [0.1, 0.15) is 12.5 Å². The van der Waals surface area contributed by atoms with E-state index in [0.717, 1.165) is 5.69 Å². The minimum atomic E-state index is -0.286. The first-order valence-corrected chi connectivity index (χ1v) is 5.54. The predicted molar refractivity (Wildman–Crippen MR) is 66.9 cm³/mol. The van der Waals surface area contributed by atoms with Gasteiger partial charge in [-0.25, -0.2) is 4.68 Å². The minimum absolute atomic E-state index is 0.286. The number of carbonyl (C=O) groups is 1. The Morgan fingerprint density at radius 2 is 2.39 bits per heavy atom. The van der Waals surface area contributed by atoms with Gasteiger partial charge in [-0.1, -0.05) is 5.92 Å². The molecule has 1 N–H and O–H groups in total. The molecule has 0 spiro atoms. The molecule has 0 fully saturated rings. The lowest BCUT2D eigenvalue weighted by Crippen LogP contribution is -2.20. The quantitative estimate of drug-likeness (QED) is 0.788. The molecule has 0 saturated heterocycles. The monoisotopic (exact) mass is 240 g/mol. The molecule has 0 aromatic carbocycles. The van der Waals surface area contributed by atoms with Crippen LogP contribution in [-0.2, 0) is 4.79 Å². The van der Waals surface area contributed by atoms with Gasteiger partial charge in [-0.05, 0) is 19.1 Å². The molecule has 2 aromatic heterocycles. The lowest BCUT2D eigenvalue weighted by atomic mass is 10.3. The van der Waals surface area contributed by atoms with Crippen molar-refractivity contribution in [2.45, 2.75) is 6.92 Å². The molecule has 0 bridgehead atoms. The average Bonchev–Trinajstić information content (AvgIpc) is 2.87. The van der Waals surface area contributed by atoms with Crippen LogP contribution in [0.2, 0.25) is 0 Å². The Morgan fingerprint density at radius 1 is 1.50 bits per heavy atom. The van der Waals surface area contributed by atoms with Gasteiger partial charge in [-0.15, -0.1) is 0 Å². The van der Waals surface area contributed by atoms with Crippen LogP contribution in [0, 0.1) is 11.8 Å². The highest BCUT2D eigenvalue weighted by molar-refractivity contribution is 5.93. The molecule has 0 atom stereocenters. The topological polar surface area (TPSA) is 59.8 Å². The van der Waals surface area contributed by atoms with Gasteiger partial charge in [0.2, 0.25) is 0 Å². The van der Waals surface area contributed by atoms with Crippen LogP contribution < -0.4 is 5.32 Å². The fourth-order valence-corrected chi connectivity index (χ4v) is 1.35. The molecule has 2 heterocycles. The van der Waals surface area contributed by atoms with Crippen LogP contribution in [0.5, 0.6) is 0 Å². The largest absolute Gasteiger partial charge is 0.346 e. The highest BCUT2D eigenvalue weighted by Gasteiger charge is 1.98. The second-order valence-electron chi connectivity index (χ2n) is 3.49. The summed E-state index contributed by atoms with van der Waals surface area (Å²) in [5, 5.41) is 6.76. The maximum Gasteiger partial charge on any atom is 0.296 e.